The predicted molar refractivity (Wildman–Crippen MR) is 80.7 cm³/mol. The van der Waals surface area contributed by atoms with Gasteiger partial charge in [0.25, 0.3) is 0 Å². The fourth-order valence-electron chi connectivity index (χ4n) is 1.60. The van der Waals surface area contributed by atoms with Gasteiger partial charge in [0.15, 0.2) is 0 Å². The number of carbonyl (C=O) groups is 2. The van der Waals surface area contributed by atoms with E-state index in [0.29, 0.717) is 11.6 Å². The molecule has 5 nitrogen and oxygen atoms in total. The van der Waals surface area contributed by atoms with Crippen molar-refractivity contribution >= 4 is 23.2 Å². The minimum Gasteiger partial charge on any atom is -0.326 e. The lowest BCUT2D eigenvalue weighted by atomic mass is 10.0. The van der Waals surface area contributed by atoms with Crippen molar-refractivity contribution in [3.8, 4) is 0 Å². The minimum absolute atomic E-state index is 0.145. The molecule has 0 aromatic heterocycles. The van der Waals surface area contributed by atoms with Crippen molar-refractivity contribution in [3.63, 3.8) is 0 Å². The van der Waals surface area contributed by atoms with Crippen LogP contribution in [-0.4, -0.2) is 17.5 Å². The van der Waals surface area contributed by atoms with E-state index in [2.05, 4.69) is 29.7 Å². The second kappa shape index (κ2) is 7.43. The summed E-state index contributed by atoms with van der Waals surface area (Å²) in [6, 6.07) is 7.76. The molecule has 0 radical (unpaired) electrons. The summed E-state index contributed by atoms with van der Waals surface area (Å²) in [4.78, 5) is 22.5. The first-order valence-corrected chi connectivity index (χ1v) is 6.58. The Morgan fingerprint density at radius 2 is 1.75 bits per heavy atom. The number of carbonyl (C=O) groups excluding carboxylic acids is 2. The molecule has 0 aliphatic carbocycles. The number of hydrogen-bond donors (Lipinski definition) is 2. The molecule has 108 valence electrons. The van der Waals surface area contributed by atoms with Crippen molar-refractivity contribution in [1.29, 1.82) is 0 Å². The molecule has 0 bridgehead atoms. The standard InChI is InChI=1S/C15H21N3O2/c1-10(2)13-5-7-14(8-6-13)16-15(20)9-11(3)17-18-12(4)19/h5-8,10H,9H2,1-4H3,(H,16,20)(H,18,19). The molecule has 20 heavy (non-hydrogen) atoms. The first kappa shape index (κ1) is 15.9. The Hall–Kier alpha value is -2.17. The van der Waals surface area contributed by atoms with Gasteiger partial charge in [0, 0.05) is 18.3 Å². The molecule has 5 heteroatoms. The van der Waals surface area contributed by atoms with Crippen LogP contribution in [0.5, 0.6) is 0 Å². The summed E-state index contributed by atoms with van der Waals surface area (Å²) in [6.45, 7) is 7.30. The summed E-state index contributed by atoms with van der Waals surface area (Å²) in [7, 11) is 0. The van der Waals surface area contributed by atoms with Gasteiger partial charge in [0.2, 0.25) is 11.8 Å². The van der Waals surface area contributed by atoms with E-state index in [1.165, 1.54) is 12.5 Å². The second-order valence-electron chi connectivity index (χ2n) is 5.02. The molecule has 2 amide bonds. The van der Waals surface area contributed by atoms with Crippen molar-refractivity contribution in [2.24, 2.45) is 5.10 Å². The quantitative estimate of drug-likeness (QED) is 0.640. The monoisotopic (exact) mass is 275 g/mol. The topological polar surface area (TPSA) is 70.6 Å². The number of rotatable bonds is 5. The van der Waals surface area contributed by atoms with Crippen molar-refractivity contribution < 1.29 is 9.59 Å². The minimum atomic E-state index is -0.256. The number of hydrazone groups is 1. The molecule has 0 spiro atoms. The van der Waals surface area contributed by atoms with Gasteiger partial charge in [0.05, 0.1) is 6.42 Å². The van der Waals surface area contributed by atoms with Crippen LogP contribution in [-0.2, 0) is 9.59 Å². The molecule has 1 aromatic carbocycles. The van der Waals surface area contributed by atoms with Gasteiger partial charge in [0.1, 0.15) is 0 Å². The van der Waals surface area contributed by atoms with Gasteiger partial charge in [-0.1, -0.05) is 26.0 Å². The molecule has 1 rings (SSSR count). The number of nitrogens with one attached hydrogen (secondary N) is 2. The third-order valence-electron chi connectivity index (χ3n) is 2.68. The summed E-state index contributed by atoms with van der Waals surface area (Å²) in [5.41, 5.74) is 4.84. The molecule has 0 saturated carbocycles. The number of nitrogens with zero attached hydrogens (tertiary/aromatic N) is 1. The summed E-state index contributed by atoms with van der Waals surface area (Å²) >= 11 is 0. The van der Waals surface area contributed by atoms with Crippen molar-refractivity contribution in [1.82, 2.24) is 5.43 Å². The lowest BCUT2D eigenvalue weighted by Crippen LogP contribution is -2.19. The molecule has 0 aliphatic heterocycles. The lowest BCUT2D eigenvalue weighted by molar-refractivity contribution is -0.119. The summed E-state index contributed by atoms with van der Waals surface area (Å²) in [6.07, 6.45) is 0.145. The normalized spacial score (nSPS) is 11.3. The maximum absolute atomic E-state index is 11.8. The van der Waals surface area contributed by atoms with Gasteiger partial charge in [-0.15, -0.1) is 0 Å². The molecule has 0 aliphatic rings. The highest BCUT2D eigenvalue weighted by Crippen LogP contribution is 2.17. The van der Waals surface area contributed by atoms with E-state index in [9.17, 15) is 9.59 Å². The number of benzene rings is 1. The Morgan fingerprint density at radius 3 is 2.25 bits per heavy atom. The van der Waals surface area contributed by atoms with Crippen LogP contribution in [0, 0.1) is 0 Å². The third kappa shape index (κ3) is 5.65. The number of anilines is 1. The highest BCUT2D eigenvalue weighted by atomic mass is 16.2. The van der Waals surface area contributed by atoms with E-state index >= 15 is 0 Å². The Morgan fingerprint density at radius 1 is 1.15 bits per heavy atom. The second-order valence-corrected chi connectivity index (χ2v) is 5.02. The van der Waals surface area contributed by atoms with Crippen LogP contribution in [0.2, 0.25) is 0 Å². The van der Waals surface area contributed by atoms with Gasteiger partial charge in [-0.05, 0) is 30.5 Å². The largest absolute Gasteiger partial charge is 0.326 e. The zero-order chi connectivity index (χ0) is 15.1. The SMILES string of the molecule is CC(=O)NN=C(C)CC(=O)Nc1ccc(C(C)C)cc1. The molecule has 2 N–H and O–H groups in total. The molecule has 1 aromatic rings. The molecular weight excluding hydrogens is 254 g/mol. The number of hydrogen-bond acceptors (Lipinski definition) is 3. The van der Waals surface area contributed by atoms with Crippen LogP contribution in [0.15, 0.2) is 29.4 Å². The van der Waals surface area contributed by atoms with Crippen LogP contribution in [0.25, 0.3) is 0 Å². The summed E-state index contributed by atoms with van der Waals surface area (Å²) in [5.74, 6) is 0.0507. The van der Waals surface area contributed by atoms with E-state index in [1.54, 1.807) is 6.92 Å². The predicted octanol–water partition coefficient (Wildman–Crippen LogP) is 2.65. The van der Waals surface area contributed by atoms with Crippen LogP contribution in [0.4, 0.5) is 5.69 Å². The smallest absolute Gasteiger partial charge is 0.236 e. The maximum atomic E-state index is 11.8. The Labute approximate surface area is 119 Å². The van der Waals surface area contributed by atoms with Gasteiger partial charge < -0.3 is 5.32 Å². The maximum Gasteiger partial charge on any atom is 0.236 e. The lowest BCUT2D eigenvalue weighted by Gasteiger charge is -2.08. The van der Waals surface area contributed by atoms with Crippen LogP contribution >= 0.6 is 0 Å². The van der Waals surface area contributed by atoms with Gasteiger partial charge in [-0.25, -0.2) is 5.43 Å². The fraction of sp³-hybridized carbons (Fsp3) is 0.400. The average molecular weight is 275 g/mol. The van der Waals surface area contributed by atoms with Crippen LogP contribution < -0.4 is 10.7 Å². The van der Waals surface area contributed by atoms with Crippen molar-refractivity contribution in [2.75, 3.05) is 5.32 Å². The van der Waals surface area contributed by atoms with E-state index in [1.807, 2.05) is 24.3 Å². The van der Waals surface area contributed by atoms with Crippen molar-refractivity contribution in [2.45, 2.75) is 40.0 Å². The van der Waals surface area contributed by atoms with Gasteiger partial charge >= 0.3 is 0 Å². The molecular formula is C15H21N3O2. The first-order chi connectivity index (χ1) is 9.38. The molecule has 0 atom stereocenters. The van der Waals surface area contributed by atoms with E-state index in [4.69, 9.17) is 0 Å². The third-order valence-corrected chi connectivity index (χ3v) is 2.68. The van der Waals surface area contributed by atoms with Crippen LogP contribution in [0.3, 0.4) is 0 Å². The highest BCUT2D eigenvalue weighted by Gasteiger charge is 2.05. The van der Waals surface area contributed by atoms with Gasteiger partial charge in [-0.3, -0.25) is 9.59 Å². The van der Waals surface area contributed by atoms with E-state index < -0.39 is 0 Å². The highest BCUT2D eigenvalue weighted by molar-refractivity contribution is 6.05. The summed E-state index contributed by atoms with van der Waals surface area (Å²) in [5, 5.41) is 6.59. The number of amides is 2. The molecule has 0 unspecified atom stereocenters. The fourth-order valence-corrected chi connectivity index (χ4v) is 1.60. The zero-order valence-electron chi connectivity index (χ0n) is 12.4. The molecule has 0 saturated heterocycles. The Bertz CT molecular complexity index is 504. The van der Waals surface area contributed by atoms with Crippen LogP contribution in [0.1, 0.15) is 45.6 Å². The molecule has 0 heterocycles. The van der Waals surface area contributed by atoms with Gasteiger partial charge in [-0.2, -0.15) is 5.10 Å². The first-order valence-electron chi connectivity index (χ1n) is 6.58. The Kier molecular flexibility index (Phi) is 5.90. The Balaban J connectivity index is 2.54. The van der Waals surface area contributed by atoms with E-state index in [-0.39, 0.29) is 18.2 Å². The average Bonchev–Trinajstić information content (AvgIpc) is 2.36. The van der Waals surface area contributed by atoms with Crippen molar-refractivity contribution in [3.05, 3.63) is 29.8 Å². The van der Waals surface area contributed by atoms with E-state index in [0.717, 1.165) is 5.69 Å². The molecule has 0 fully saturated rings. The zero-order valence-corrected chi connectivity index (χ0v) is 12.4. The summed E-state index contributed by atoms with van der Waals surface area (Å²) < 4.78 is 0.